The summed E-state index contributed by atoms with van der Waals surface area (Å²) < 4.78 is 28.5. The maximum absolute atomic E-state index is 12.2. The van der Waals surface area contributed by atoms with Gasteiger partial charge in [-0.1, -0.05) is 37.3 Å². The molecule has 1 heterocycles. The minimum Gasteiger partial charge on any atom is -0.301 e. The molecule has 0 fully saturated rings. The van der Waals surface area contributed by atoms with Crippen LogP contribution in [0.25, 0.3) is 0 Å². The summed E-state index contributed by atoms with van der Waals surface area (Å²) in [6, 6.07) is 10.4. The number of nitrogens with zero attached hydrogens (tertiary/aromatic N) is 1. The van der Waals surface area contributed by atoms with E-state index in [0.717, 1.165) is 5.56 Å². The fraction of sp³-hybridized carbons (Fsp3) is 0.375. The molecule has 0 bridgehead atoms. The van der Waals surface area contributed by atoms with Gasteiger partial charge in [-0.2, -0.15) is 0 Å². The molecule has 0 amide bonds. The number of hydrogen-bond acceptors (Lipinski definition) is 4. The van der Waals surface area contributed by atoms with Crippen LogP contribution in [-0.2, 0) is 16.6 Å². The summed E-state index contributed by atoms with van der Waals surface area (Å²) in [7, 11) is -3.47. The van der Waals surface area contributed by atoms with Crippen LogP contribution in [0.3, 0.4) is 0 Å². The van der Waals surface area contributed by atoms with Gasteiger partial charge in [0.15, 0.2) is 0 Å². The van der Waals surface area contributed by atoms with Crippen molar-refractivity contribution in [3.8, 4) is 0 Å². The van der Waals surface area contributed by atoms with E-state index in [-0.39, 0.29) is 24.8 Å². The van der Waals surface area contributed by atoms with Crippen molar-refractivity contribution in [2.45, 2.75) is 32.4 Å². The van der Waals surface area contributed by atoms with E-state index in [9.17, 15) is 18.0 Å². The second-order valence-corrected chi connectivity index (χ2v) is 7.34. The van der Waals surface area contributed by atoms with Gasteiger partial charge in [0.2, 0.25) is 10.0 Å². The quantitative estimate of drug-likeness (QED) is 0.741. The molecule has 0 aliphatic heterocycles. The summed E-state index contributed by atoms with van der Waals surface area (Å²) in [5.41, 5.74) is -0.0943. The first-order valence-corrected chi connectivity index (χ1v) is 9.41. The highest BCUT2D eigenvalue weighted by molar-refractivity contribution is 7.89. The molecule has 130 valence electrons. The molecule has 2 N–H and O–H groups in total. The third-order valence-corrected chi connectivity index (χ3v) is 5.11. The lowest BCUT2D eigenvalue weighted by atomic mass is 10.1. The zero-order valence-electron chi connectivity index (χ0n) is 13.4. The molecule has 1 aromatic heterocycles. The van der Waals surface area contributed by atoms with Gasteiger partial charge in [-0.25, -0.2) is 17.9 Å². The second kappa shape index (κ2) is 8.07. The lowest BCUT2D eigenvalue weighted by Crippen LogP contribution is -2.32. The number of H-pyrrole nitrogens is 1. The molecule has 0 spiro atoms. The van der Waals surface area contributed by atoms with E-state index in [1.54, 1.807) is 0 Å². The van der Waals surface area contributed by atoms with Gasteiger partial charge in [-0.05, 0) is 18.4 Å². The topological polar surface area (TPSA) is 101 Å². The number of nitrogens with one attached hydrogen (secondary N) is 2. The summed E-state index contributed by atoms with van der Waals surface area (Å²) in [6.07, 6.45) is 2.27. The van der Waals surface area contributed by atoms with E-state index in [0.29, 0.717) is 6.42 Å². The molecule has 1 aromatic carbocycles. The van der Waals surface area contributed by atoms with Crippen LogP contribution < -0.4 is 16.0 Å². The third-order valence-electron chi connectivity index (χ3n) is 3.64. The minimum absolute atomic E-state index is 0.0953. The van der Waals surface area contributed by atoms with Crippen LogP contribution in [0.4, 0.5) is 0 Å². The number of hydrogen-bond donors (Lipinski definition) is 2. The number of sulfonamides is 1. The Labute approximate surface area is 140 Å². The van der Waals surface area contributed by atoms with Crippen LogP contribution in [0, 0.1) is 0 Å². The first kappa shape index (κ1) is 18.2. The van der Waals surface area contributed by atoms with Crippen molar-refractivity contribution < 1.29 is 8.42 Å². The Morgan fingerprint density at radius 1 is 1.17 bits per heavy atom. The van der Waals surface area contributed by atoms with Gasteiger partial charge in [0.25, 0.3) is 5.56 Å². The SMILES string of the molecule is CCC(NS(=O)(=O)CCCn1ccc(=O)[nH]c1=O)c1ccccc1. The van der Waals surface area contributed by atoms with Crippen molar-refractivity contribution in [3.63, 3.8) is 0 Å². The van der Waals surface area contributed by atoms with Crippen molar-refractivity contribution in [1.29, 1.82) is 0 Å². The van der Waals surface area contributed by atoms with E-state index in [1.165, 1.54) is 16.8 Å². The van der Waals surface area contributed by atoms with E-state index in [1.807, 2.05) is 37.3 Å². The molecule has 2 rings (SSSR count). The van der Waals surface area contributed by atoms with Gasteiger partial charge in [0.1, 0.15) is 0 Å². The van der Waals surface area contributed by atoms with Gasteiger partial charge in [0.05, 0.1) is 5.75 Å². The van der Waals surface area contributed by atoms with Crippen LogP contribution in [0.1, 0.15) is 31.4 Å². The Hall–Kier alpha value is -2.19. The first-order chi connectivity index (χ1) is 11.4. The zero-order chi connectivity index (χ0) is 17.6. The molecule has 24 heavy (non-hydrogen) atoms. The minimum atomic E-state index is -3.47. The van der Waals surface area contributed by atoms with Crippen LogP contribution in [0.2, 0.25) is 0 Å². The monoisotopic (exact) mass is 351 g/mol. The highest BCUT2D eigenvalue weighted by atomic mass is 32.2. The van der Waals surface area contributed by atoms with Crippen LogP contribution in [0.15, 0.2) is 52.2 Å². The van der Waals surface area contributed by atoms with Crippen LogP contribution >= 0.6 is 0 Å². The average molecular weight is 351 g/mol. The zero-order valence-corrected chi connectivity index (χ0v) is 14.3. The Bertz CT molecular complexity index is 872. The highest BCUT2D eigenvalue weighted by Crippen LogP contribution is 2.17. The standard InChI is InChI=1S/C16H21N3O4S/c1-2-14(13-7-4-3-5-8-13)18-24(22,23)12-6-10-19-11-9-15(20)17-16(19)21/h3-5,7-9,11,14,18H,2,6,10,12H2,1H3,(H,17,20,21). The summed E-state index contributed by atoms with van der Waals surface area (Å²) in [5.74, 6) is -0.0953. The molecular formula is C16H21N3O4S. The Morgan fingerprint density at radius 3 is 2.50 bits per heavy atom. The van der Waals surface area contributed by atoms with E-state index < -0.39 is 21.3 Å². The van der Waals surface area contributed by atoms with Gasteiger partial charge in [-0.3, -0.25) is 9.78 Å². The fourth-order valence-electron chi connectivity index (χ4n) is 2.39. The summed E-state index contributed by atoms with van der Waals surface area (Å²) >= 11 is 0. The lowest BCUT2D eigenvalue weighted by Gasteiger charge is -2.17. The van der Waals surface area contributed by atoms with Crippen molar-refractivity contribution in [2.75, 3.05) is 5.75 Å². The Morgan fingerprint density at radius 2 is 1.88 bits per heavy atom. The number of aromatic nitrogens is 2. The highest BCUT2D eigenvalue weighted by Gasteiger charge is 2.17. The van der Waals surface area contributed by atoms with Crippen LogP contribution in [0.5, 0.6) is 0 Å². The Kier molecular flexibility index (Phi) is 6.10. The molecule has 8 heteroatoms. The third kappa shape index (κ3) is 5.17. The number of rotatable bonds is 8. The normalized spacial score (nSPS) is 12.9. The molecule has 0 aliphatic rings. The van der Waals surface area contributed by atoms with Gasteiger partial charge in [0, 0.05) is 24.8 Å². The van der Waals surface area contributed by atoms with Gasteiger partial charge >= 0.3 is 5.69 Å². The Balaban J connectivity index is 1.95. The maximum atomic E-state index is 12.2. The summed E-state index contributed by atoms with van der Waals surface area (Å²) in [6.45, 7) is 2.14. The predicted octanol–water partition coefficient (Wildman–Crippen LogP) is 0.997. The van der Waals surface area contributed by atoms with Crippen molar-refractivity contribution in [2.24, 2.45) is 0 Å². The van der Waals surface area contributed by atoms with E-state index >= 15 is 0 Å². The summed E-state index contributed by atoms with van der Waals surface area (Å²) in [4.78, 5) is 24.7. The largest absolute Gasteiger partial charge is 0.328 e. The van der Waals surface area contributed by atoms with E-state index in [2.05, 4.69) is 9.71 Å². The second-order valence-electron chi connectivity index (χ2n) is 5.47. The number of aromatic amines is 1. The molecule has 0 aliphatic carbocycles. The molecule has 1 atom stereocenters. The molecule has 0 saturated carbocycles. The number of aryl methyl sites for hydroxylation is 1. The molecule has 1 unspecified atom stereocenters. The first-order valence-electron chi connectivity index (χ1n) is 7.76. The lowest BCUT2D eigenvalue weighted by molar-refractivity contribution is 0.542. The van der Waals surface area contributed by atoms with Gasteiger partial charge < -0.3 is 4.57 Å². The van der Waals surface area contributed by atoms with Crippen LogP contribution in [-0.4, -0.2) is 23.7 Å². The smallest absolute Gasteiger partial charge is 0.301 e. The molecule has 0 radical (unpaired) electrons. The van der Waals surface area contributed by atoms with Crippen molar-refractivity contribution in [1.82, 2.24) is 14.3 Å². The molecular weight excluding hydrogens is 330 g/mol. The number of benzene rings is 1. The average Bonchev–Trinajstić information content (AvgIpc) is 2.55. The summed E-state index contributed by atoms with van der Waals surface area (Å²) in [5, 5.41) is 0. The van der Waals surface area contributed by atoms with Crippen molar-refractivity contribution in [3.05, 3.63) is 69.0 Å². The van der Waals surface area contributed by atoms with E-state index in [4.69, 9.17) is 0 Å². The molecule has 7 nitrogen and oxygen atoms in total. The maximum Gasteiger partial charge on any atom is 0.328 e. The molecule has 2 aromatic rings. The fourth-order valence-corrected chi connectivity index (χ4v) is 3.76. The molecule has 0 saturated heterocycles. The predicted molar refractivity (Wildman–Crippen MR) is 92.3 cm³/mol. The van der Waals surface area contributed by atoms with Crippen molar-refractivity contribution >= 4 is 10.0 Å². The van der Waals surface area contributed by atoms with Gasteiger partial charge in [-0.15, -0.1) is 0 Å².